The van der Waals surface area contributed by atoms with E-state index in [-0.39, 0.29) is 11.6 Å². The molecular weight excluding hydrogens is 350 g/mol. The molecule has 2 aromatic carbocycles. The fourth-order valence-electron chi connectivity index (χ4n) is 3.78. The molecule has 0 fully saturated rings. The van der Waals surface area contributed by atoms with E-state index in [2.05, 4.69) is 62.1 Å². The number of carbonyl (C=O) groups excluding carboxylic acids is 1. The number of hydrogen-bond donors (Lipinski definition) is 0. The van der Waals surface area contributed by atoms with Crippen molar-refractivity contribution in [2.45, 2.75) is 59.2 Å². The van der Waals surface area contributed by atoms with Gasteiger partial charge in [0.15, 0.2) is 0 Å². The summed E-state index contributed by atoms with van der Waals surface area (Å²) in [5, 5.41) is 0. The number of fused-ring (bicyclic) bond motifs is 1. The van der Waals surface area contributed by atoms with Crippen molar-refractivity contribution in [1.82, 2.24) is 4.90 Å². The van der Waals surface area contributed by atoms with Crippen LogP contribution in [0.15, 0.2) is 42.5 Å². The average Bonchev–Trinajstić information content (AvgIpc) is 2.76. The Morgan fingerprint density at radius 1 is 1.21 bits per heavy atom. The van der Waals surface area contributed by atoms with Gasteiger partial charge in [-0.1, -0.05) is 36.4 Å². The molecule has 0 aliphatic carbocycles. The van der Waals surface area contributed by atoms with E-state index in [1.54, 1.807) is 0 Å². The van der Waals surface area contributed by atoms with Gasteiger partial charge in [-0.3, -0.25) is 9.69 Å². The van der Waals surface area contributed by atoms with Crippen LogP contribution in [0.2, 0.25) is 0 Å². The molecule has 1 heterocycles. The summed E-state index contributed by atoms with van der Waals surface area (Å²) in [7, 11) is 0. The second-order valence-corrected chi connectivity index (χ2v) is 8.18. The van der Waals surface area contributed by atoms with Crippen molar-refractivity contribution in [3.8, 4) is 5.75 Å². The molecule has 4 nitrogen and oxygen atoms in total. The van der Waals surface area contributed by atoms with Crippen LogP contribution in [0.1, 0.15) is 49.4 Å². The number of hydrogen-bond acceptors (Lipinski definition) is 4. The predicted octanol–water partition coefficient (Wildman–Crippen LogP) is 4.66. The molecule has 0 saturated heterocycles. The van der Waals surface area contributed by atoms with Gasteiger partial charge in [0.2, 0.25) is 0 Å². The van der Waals surface area contributed by atoms with Gasteiger partial charge in [0.1, 0.15) is 11.4 Å². The Labute approximate surface area is 168 Å². The van der Waals surface area contributed by atoms with E-state index in [0.29, 0.717) is 19.4 Å². The molecule has 0 amide bonds. The third kappa shape index (κ3) is 5.35. The van der Waals surface area contributed by atoms with Gasteiger partial charge in [0.05, 0.1) is 6.61 Å². The maximum absolute atomic E-state index is 11.7. The summed E-state index contributed by atoms with van der Waals surface area (Å²) in [6, 6.07) is 14.8. The summed E-state index contributed by atoms with van der Waals surface area (Å²) < 4.78 is 11.3. The number of rotatable bonds is 6. The minimum atomic E-state index is -0.248. The molecule has 2 aromatic rings. The van der Waals surface area contributed by atoms with Crippen LogP contribution in [0, 0.1) is 6.92 Å². The van der Waals surface area contributed by atoms with Gasteiger partial charge in [-0.25, -0.2) is 0 Å². The standard InChI is InChI=1S/C24H31NO3/c1-5-27-23(26)13-12-19-11-10-18(2)21(14-19)16-25-15-20-8-6-7-9-22(20)28-24(3,4)17-25/h6-11,14H,5,12-13,15-17H2,1-4H3. The van der Waals surface area contributed by atoms with Crippen LogP contribution in [-0.2, 0) is 29.0 Å². The molecule has 1 aliphatic rings. The molecule has 3 rings (SSSR count). The Morgan fingerprint density at radius 2 is 2.00 bits per heavy atom. The van der Waals surface area contributed by atoms with Gasteiger partial charge in [0.25, 0.3) is 0 Å². The summed E-state index contributed by atoms with van der Waals surface area (Å²) in [5.41, 5.74) is 4.73. The van der Waals surface area contributed by atoms with Crippen molar-refractivity contribution in [2.75, 3.05) is 13.2 Å². The highest BCUT2D eigenvalue weighted by Gasteiger charge is 2.29. The lowest BCUT2D eigenvalue weighted by Gasteiger charge is -2.30. The Balaban J connectivity index is 1.75. The predicted molar refractivity (Wildman–Crippen MR) is 111 cm³/mol. The summed E-state index contributed by atoms with van der Waals surface area (Å²) in [5.74, 6) is 0.850. The highest BCUT2D eigenvalue weighted by atomic mass is 16.5. The Morgan fingerprint density at radius 3 is 2.79 bits per heavy atom. The monoisotopic (exact) mass is 381 g/mol. The van der Waals surface area contributed by atoms with Crippen LogP contribution in [0.5, 0.6) is 5.75 Å². The van der Waals surface area contributed by atoms with Crippen LogP contribution in [0.3, 0.4) is 0 Å². The van der Waals surface area contributed by atoms with Crippen LogP contribution in [0.4, 0.5) is 0 Å². The first-order valence-corrected chi connectivity index (χ1v) is 10.1. The first-order valence-electron chi connectivity index (χ1n) is 10.1. The van der Waals surface area contributed by atoms with Crippen molar-refractivity contribution >= 4 is 5.97 Å². The van der Waals surface area contributed by atoms with E-state index < -0.39 is 0 Å². The van der Waals surface area contributed by atoms with Crippen molar-refractivity contribution in [2.24, 2.45) is 0 Å². The molecule has 0 N–H and O–H groups in total. The summed E-state index contributed by atoms with van der Waals surface area (Å²) in [6.45, 7) is 11.3. The molecule has 0 bridgehead atoms. The summed E-state index contributed by atoms with van der Waals surface area (Å²) >= 11 is 0. The van der Waals surface area contributed by atoms with Crippen LogP contribution in [0.25, 0.3) is 0 Å². The molecule has 1 aliphatic heterocycles. The lowest BCUT2D eigenvalue weighted by atomic mass is 10.0. The third-order valence-electron chi connectivity index (χ3n) is 5.09. The van der Waals surface area contributed by atoms with E-state index in [4.69, 9.17) is 9.47 Å². The SMILES string of the molecule is CCOC(=O)CCc1ccc(C)c(CN2Cc3ccccc3OC(C)(C)C2)c1. The van der Waals surface area contributed by atoms with Crippen molar-refractivity contribution in [3.05, 3.63) is 64.7 Å². The largest absolute Gasteiger partial charge is 0.486 e. The Bertz CT molecular complexity index is 828. The smallest absolute Gasteiger partial charge is 0.306 e. The van der Waals surface area contributed by atoms with Gasteiger partial charge in [-0.05, 0) is 56.9 Å². The topological polar surface area (TPSA) is 38.8 Å². The minimum absolute atomic E-state index is 0.132. The van der Waals surface area contributed by atoms with E-state index in [0.717, 1.165) is 25.4 Å². The van der Waals surface area contributed by atoms with Crippen LogP contribution in [-0.4, -0.2) is 29.6 Å². The van der Waals surface area contributed by atoms with Gasteiger partial charge >= 0.3 is 5.97 Å². The summed E-state index contributed by atoms with van der Waals surface area (Å²) in [4.78, 5) is 14.1. The maximum atomic E-state index is 11.7. The molecule has 0 unspecified atom stereocenters. The van der Waals surface area contributed by atoms with Crippen molar-refractivity contribution in [3.63, 3.8) is 0 Å². The van der Waals surface area contributed by atoms with E-state index in [9.17, 15) is 4.79 Å². The zero-order valence-corrected chi connectivity index (χ0v) is 17.5. The first kappa shape index (κ1) is 20.4. The molecule has 0 radical (unpaired) electrons. The number of esters is 1. The lowest BCUT2D eigenvalue weighted by molar-refractivity contribution is -0.143. The molecule has 0 saturated carbocycles. The van der Waals surface area contributed by atoms with Gasteiger partial charge < -0.3 is 9.47 Å². The number of nitrogens with zero attached hydrogens (tertiary/aromatic N) is 1. The number of para-hydroxylation sites is 1. The van der Waals surface area contributed by atoms with Gasteiger partial charge in [-0.2, -0.15) is 0 Å². The average molecular weight is 382 g/mol. The Kier molecular flexibility index (Phi) is 6.40. The summed E-state index contributed by atoms with van der Waals surface area (Å²) in [6.07, 6.45) is 1.14. The van der Waals surface area contributed by atoms with Gasteiger partial charge in [-0.15, -0.1) is 0 Å². The van der Waals surface area contributed by atoms with E-state index in [1.807, 2.05) is 13.0 Å². The van der Waals surface area contributed by atoms with Crippen LogP contribution >= 0.6 is 0 Å². The van der Waals surface area contributed by atoms with Crippen LogP contribution < -0.4 is 4.74 Å². The number of carbonyl (C=O) groups is 1. The van der Waals surface area contributed by atoms with Crippen molar-refractivity contribution < 1.29 is 14.3 Å². The second-order valence-electron chi connectivity index (χ2n) is 8.18. The van der Waals surface area contributed by atoms with E-state index in [1.165, 1.54) is 22.3 Å². The molecule has 150 valence electrons. The molecule has 4 heteroatoms. The molecule has 0 atom stereocenters. The zero-order chi connectivity index (χ0) is 20.1. The molecule has 0 aromatic heterocycles. The number of benzene rings is 2. The first-order chi connectivity index (χ1) is 13.4. The highest BCUT2D eigenvalue weighted by molar-refractivity contribution is 5.69. The molecular formula is C24H31NO3. The normalized spacial score (nSPS) is 16.0. The quantitative estimate of drug-likeness (QED) is 0.682. The fraction of sp³-hybridized carbons (Fsp3) is 0.458. The number of aryl methyl sites for hydroxylation is 2. The lowest BCUT2D eigenvalue weighted by Crippen LogP contribution is -2.40. The van der Waals surface area contributed by atoms with E-state index >= 15 is 0 Å². The zero-order valence-electron chi connectivity index (χ0n) is 17.5. The third-order valence-corrected chi connectivity index (χ3v) is 5.09. The number of ether oxygens (including phenoxy) is 2. The minimum Gasteiger partial charge on any atom is -0.486 e. The van der Waals surface area contributed by atoms with Gasteiger partial charge in [0, 0.05) is 31.6 Å². The van der Waals surface area contributed by atoms with Crippen molar-refractivity contribution in [1.29, 1.82) is 0 Å². The molecule has 28 heavy (non-hydrogen) atoms. The highest BCUT2D eigenvalue weighted by Crippen LogP contribution is 2.30. The fourth-order valence-corrected chi connectivity index (χ4v) is 3.78. The maximum Gasteiger partial charge on any atom is 0.306 e. The second kappa shape index (κ2) is 8.78. The molecule has 0 spiro atoms. The Hall–Kier alpha value is -2.33.